The number of fused-ring (bicyclic) bond motifs is 1. The van der Waals surface area contributed by atoms with Crippen molar-refractivity contribution in [2.45, 2.75) is 37.9 Å². The van der Waals surface area contributed by atoms with Crippen LogP contribution < -0.4 is 11.1 Å². The van der Waals surface area contributed by atoms with Crippen molar-refractivity contribution in [1.29, 1.82) is 0 Å². The van der Waals surface area contributed by atoms with Crippen LogP contribution in [0.5, 0.6) is 0 Å². The van der Waals surface area contributed by atoms with E-state index in [0.29, 0.717) is 13.0 Å². The summed E-state index contributed by atoms with van der Waals surface area (Å²) in [7, 11) is 0. The monoisotopic (exact) mass is 197 g/mol. The molecule has 0 aromatic heterocycles. The molecule has 0 saturated carbocycles. The largest absolute Gasteiger partial charge is 0.343 e. The standard InChI is InChI=1S/C9H15N3O2/c1-5-9(14)12-3-2-6(10)4-7(12)8(13)11-5/h5-7H,2-4,10H2,1H3,(H,11,13)/t5-,6?,7?/m0/s1. The van der Waals surface area contributed by atoms with Gasteiger partial charge < -0.3 is 16.0 Å². The molecule has 14 heavy (non-hydrogen) atoms. The number of amides is 2. The molecule has 2 heterocycles. The molecule has 2 aliphatic heterocycles. The van der Waals surface area contributed by atoms with Crippen molar-refractivity contribution in [3.8, 4) is 0 Å². The minimum Gasteiger partial charge on any atom is -0.343 e. The van der Waals surface area contributed by atoms with E-state index >= 15 is 0 Å². The molecule has 0 radical (unpaired) electrons. The van der Waals surface area contributed by atoms with Crippen LogP contribution in [0.4, 0.5) is 0 Å². The number of nitrogens with two attached hydrogens (primary N) is 1. The zero-order chi connectivity index (χ0) is 10.3. The Bertz CT molecular complexity index is 279. The topological polar surface area (TPSA) is 75.4 Å². The minimum atomic E-state index is -0.381. The van der Waals surface area contributed by atoms with Gasteiger partial charge in [-0.1, -0.05) is 0 Å². The summed E-state index contributed by atoms with van der Waals surface area (Å²) in [4.78, 5) is 24.9. The average molecular weight is 197 g/mol. The molecule has 3 N–H and O–H groups in total. The Hall–Kier alpha value is -1.10. The van der Waals surface area contributed by atoms with Gasteiger partial charge in [0.05, 0.1) is 0 Å². The van der Waals surface area contributed by atoms with Crippen molar-refractivity contribution >= 4 is 11.8 Å². The molecule has 2 amide bonds. The van der Waals surface area contributed by atoms with E-state index in [1.54, 1.807) is 11.8 Å². The highest BCUT2D eigenvalue weighted by atomic mass is 16.2. The van der Waals surface area contributed by atoms with E-state index in [4.69, 9.17) is 5.73 Å². The molecule has 2 saturated heterocycles. The number of carbonyl (C=O) groups is 2. The van der Waals surface area contributed by atoms with Crippen LogP contribution in [0.15, 0.2) is 0 Å². The van der Waals surface area contributed by atoms with Crippen molar-refractivity contribution in [1.82, 2.24) is 10.2 Å². The molecule has 5 nitrogen and oxygen atoms in total. The smallest absolute Gasteiger partial charge is 0.245 e. The summed E-state index contributed by atoms with van der Waals surface area (Å²) >= 11 is 0. The highest BCUT2D eigenvalue weighted by Crippen LogP contribution is 2.20. The fraction of sp³-hybridized carbons (Fsp3) is 0.778. The van der Waals surface area contributed by atoms with Crippen molar-refractivity contribution in [2.24, 2.45) is 5.73 Å². The first kappa shape index (κ1) is 9.45. The molecule has 2 fully saturated rings. The maximum absolute atomic E-state index is 11.7. The molecular formula is C9H15N3O2. The van der Waals surface area contributed by atoms with Gasteiger partial charge in [-0.25, -0.2) is 0 Å². The summed E-state index contributed by atoms with van der Waals surface area (Å²) in [5.41, 5.74) is 5.77. The van der Waals surface area contributed by atoms with Crippen LogP contribution in [0, 0.1) is 0 Å². The third-order valence-corrected chi connectivity index (χ3v) is 2.96. The second-order valence-corrected chi connectivity index (χ2v) is 4.06. The number of rotatable bonds is 0. The number of carbonyl (C=O) groups excluding carboxylic acids is 2. The lowest BCUT2D eigenvalue weighted by molar-refractivity contribution is -0.150. The molecule has 0 aromatic rings. The fourth-order valence-electron chi connectivity index (χ4n) is 2.13. The first-order valence-electron chi connectivity index (χ1n) is 4.96. The van der Waals surface area contributed by atoms with Crippen LogP contribution >= 0.6 is 0 Å². The van der Waals surface area contributed by atoms with Gasteiger partial charge in [-0.2, -0.15) is 0 Å². The van der Waals surface area contributed by atoms with Crippen LogP contribution in [0.3, 0.4) is 0 Å². The van der Waals surface area contributed by atoms with E-state index in [2.05, 4.69) is 5.32 Å². The highest BCUT2D eigenvalue weighted by molar-refractivity contribution is 5.96. The first-order valence-corrected chi connectivity index (χ1v) is 4.96. The second kappa shape index (κ2) is 3.24. The highest BCUT2D eigenvalue weighted by Gasteiger charge is 2.41. The maximum atomic E-state index is 11.7. The summed E-state index contributed by atoms with van der Waals surface area (Å²) in [5.74, 6) is -0.0475. The predicted octanol–water partition coefficient (Wildman–Crippen LogP) is -1.18. The van der Waals surface area contributed by atoms with Gasteiger partial charge in [0, 0.05) is 12.6 Å². The molecule has 5 heteroatoms. The lowest BCUT2D eigenvalue weighted by Gasteiger charge is -2.42. The molecule has 2 rings (SSSR count). The number of hydrogen-bond acceptors (Lipinski definition) is 3. The molecular weight excluding hydrogens is 182 g/mol. The van der Waals surface area contributed by atoms with Crippen molar-refractivity contribution in [3.63, 3.8) is 0 Å². The van der Waals surface area contributed by atoms with Gasteiger partial charge in [0.15, 0.2) is 0 Å². The van der Waals surface area contributed by atoms with Crippen molar-refractivity contribution in [3.05, 3.63) is 0 Å². The third-order valence-electron chi connectivity index (χ3n) is 2.96. The van der Waals surface area contributed by atoms with E-state index in [-0.39, 0.29) is 29.9 Å². The van der Waals surface area contributed by atoms with E-state index in [1.807, 2.05) is 0 Å². The Labute approximate surface area is 82.6 Å². The molecule has 3 atom stereocenters. The SMILES string of the molecule is C[C@@H]1NC(=O)C2CC(N)CCN2C1=O. The van der Waals surface area contributed by atoms with Crippen molar-refractivity contribution < 1.29 is 9.59 Å². The molecule has 2 aliphatic rings. The quantitative estimate of drug-likeness (QED) is 0.513. The Morgan fingerprint density at radius 3 is 2.93 bits per heavy atom. The van der Waals surface area contributed by atoms with E-state index < -0.39 is 0 Å². The minimum absolute atomic E-state index is 0.0153. The Balaban J connectivity index is 2.18. The second-order valence-electron chi connectivity index (χ2n) is 4.06. The van der Waals surface area contributed by atoms with Gasteiger partial charge in [-0.15, -0.1) is 0 Å². The number of hydrogen-bond donors (Lipinski definition) is 2. The summed E-state index contributed by atoms with van der Waals surface area (Å²) in [5, 5.41) is 2.66. The van der Waals surface area contributed by atoms with Crippen molar-refractivity contribution in [2.75, 3.05) is 6.54 Å². The Morgan fingerprint density at radius 1 is 1.50 bits per heavy atom. The summed E-state index contributed by atoms with van der Waals surface area (Å²) in [6.07, 6.45) is 1.38. The van der Waals surface area contributed by atoms with Crippen LogP contribution in [0.25, 0.3) is 0 Å². The van der Waals surface area contributed by atoms with E-state index in [0.717, 1.165) is 6.42 Å². The van der Waals surface area contributed by atoms with Gasteiger partial charge >= 0.3 is 0 Å². The zero-order valence-electron chi connectivity index (χ0n) is 8.19. The van der Waals surface area contributed by atoms with Gasteiger partial charge in [0.2, 0.25) is 11.8 Å². The average Bonchev–Trinajstić information content (AvgIpc) is 2.14. The number of nitrogens with zero attached hydrogens (tertiary/aromatic N) is 1. The molecule has 0 bridgehead atoms. The molecule has 0 aromatic carbocycles. The fourth-order valence-corrected chi connectivity index (χ4v) is 2.13. The molecule has 78 valence electrons. The lowest BCUT2D eigenvalue weighted by atomic mass is 9.94. The number of piperidine rings is 1. The molecule has 0 aliphatic carbocycles. The number of nitrogens with one attached hydrogen (secondary N) is 1. The lowest BCUT2D eigenvalue weighted by Crippen LogP contribution is -2.65. The van der Waals surface area contributed by atoms with Crippen LogP contribution in [0.1, 0.15) is 19.8 Å². The maximum Gasteiger partial charge on any atom is 0.245 e. The molecule has 0 spiro atoms. The van der Waals surface area contributed by atoms with Crippen LogP contribution in [0.2, 0.25) is 0 Å². The summed E-state index contributed by atoms with van der Waals surface area (Å²) in [6.45, 7) is 2.33. The van der Waals surface area contributed by atoms with Gasteiger partial charge in [-0.05, 0) is 19.8 Å². The Kier molecular flexibility index (Phi) is 2.19. The Morgan fingerprint density at radius 2 is 2.21 bits per heavy atom. The zero-order valence-corrected chi connectivity index (χ0v) is 8.19. The van der Waals surface area contributed by atoms with Crippen LogP contribution in [-0.2, 0) is 9.59 Å². The normalized spacial score (nSPS) is 37.9. The molecule has 2 unspecified atom stereocenters. The van der Waals surface area contributed by atoms with E-state index in [1.165, 1.54) is 0 Å². The summed E-state index contributed by atoms with van der Waals surface area (Å²) in [6, 6.07) is -0.668. The van der Waals surface area contributed by atoms with Gasteiger partial charge in [-0.3, -0.25) is 9.59 Å². The summed E-state index contributed by atoms with van der Waals surface area (Å²) < 4.78 is 0. The third kappa shape index (κ3) is 1.37. The predicted molar refractivity (Wildman–Crippen MR) is 50.3 cm³/mol. The van der Waals surface area contributed by atoms with Gasteiger partial charge in [0.1, 0.15) is 12.1 Å². The van der Waals surface area contributed by atoms with E-state index in [9.17, 15) is 9.59 Å². The van der Waals surface area contributed by atoms with Gasteiger partial charge in [0.25, 0.3) is 0 Å². The first-order chi connectivity index (χ1) is 6.59. The number of piperazine rings is 1. The van der Waals surface area contributed by atoms with Crippen LogP contribution in [-0.4, -0.2) is 41.4 Å².